The summed E-state index contributed by atoms with van der Waals surface area (Å²) in [5.74, 6) is 0.887. The molecule has 2 aliphatic rings. The van der Waals surface area contributed by atoms with E-state index in [0.717, 1.165) is 52.9 Å². The van der Waals surface area contributed by atoms with Gasteiger partial charge in [-0.1, -0.05) is 49.7 Å². The van der Waals surface area contributed by atoms with Crippen LogP contribution in [0.3, 0.4) is 0 Å². The van der Waals surface area contributed by atoms with Crippen molar-refractivity contribution in [3.8, 4) is 5.75 Å². The van der Waals surface area contributed by atoms with Crippen molar-refractivity contribution in [3.63, 3.8) is 0 Å². The van der Waals surface area contributed by atoms with Crippen molar-refractivity contribution in [3.05, 3.63) is 65.4 Å². The highest BCUT2D eigenvalue weighted by molar-refractivity contribution is 5.92. The van der Waals surface area contributed by atoms with Crippen molar-refractivity contribution in [1.82, 2.24) is 9.88 Å². The zero-order chi connectivity index (χ0) is 25.2. The number of aromatic amines is 1. The number of fused-ring (bicyclic) bond motifs is 5. The summed E-state index contributed by atoms with van der Waals surface area (Å²) < 4.78 is 16.6. The second-order valence-corrected chi connectivity index (χ2v) is 9.87. The number of hydrogen-bond acceptors (Lipinski definition) is 6. The molecule has 0 radical (unpaired) electrons. The molecule has 0 aliphatic carbocycles. The monoisotopic (exact) mass is 490 g/mol. The Bertz CT molecular complexity index is 1240. The van der Waals surface area contributed by atoms with Crippen molar-refractivity contribution < 1.29 is 23.8 Å². The van der Waals surface area contributed by atoms with E-state index >= 15 is 0 Å². The smallest absolute Gasteiger partial charge is 0.324 e. The van der Waals surface area contributed by atoms with E-state index in [-0.39, 0.29) is 30.5 Å². The number of piperidine rings is 1. The van der Waals surface area contributed by atoms with Gasteiger partial charge in [0.05, 0.1) is 20.3 Å². The first-order valence-corrected chi connectivity index (χ1v) is 12.7. The first-order valence-electron chi connectivity index (χ1n) is 12.7. The lowest BCUT2D eigenvalue weighted by molar-refractivity contribution is -0.156. The molecule has 0 spiro atoms. The molecule has 1 fully saturated rings. The van der Waals surface area contributed by atoms with E-state index in [1.807, 2.05) is 48.5 Å². The molecule has 2 aliphatic heterocycles. The van der Waals surface area contributed by atoms with Gasteiger partial charge in [-0.3, -0.25) is 14.5 Å². The summed E-state index contributed by atoms with van der Waals surface area (Å²) in [6, 6.07) is 15.3. The summed E-state index contributed by atoms with van der Waals surface area (Å²) in [5, 5.41) is 1.03. The molecule has 1 aromatic heterocycles. The number of carbonyl (C=O) groups is 2. The molecule has 190 valence electrons. The highest BCUT2D eigenvalue weighted by Gasteiger charge is 2.47. The third-order valence-corrected chi connectivity index (χ3v) is 7.99. The molecule has 0 bridgehead atoms. The standard InChI is InChI=1S/C29H34N2O5/c1-4-19-16-31-23(13-20(19)14-26(32)35-3)28-21(27-22(30-28)11-8-12-25(27)34-2)15-24(31)29(33)36-17-18-9-6-5-7-10-18/h5-12,19-20,23-24,30H,4,13-17H2,1-3H3/t19-,20-,23+,24-/m1/s1. The van der Waals surface area contributed by atoms with Crippen LogP contribution >= 0.6 is 0 Å². The highest BCUT2D eigenvalue weighted by Crippen LogP contribution is 2.48. The van der Waals surface area contributed by atoms with Crippen LogP contribution in [0.4, 0.5) is 0 Å². The van der Waals surface area contributed by atoms with Gasteiger partial charge in [0, 0.05) is 36.0 Å². The summed E-state index contributed by atoms with van der Waals surface area (Å²) >= 11 is 0. The molecule has 3 aromatic rings. The number of rotatable bonds is 7. The quantitative estimate of drug-likeness (QED) is 0.480. The van der Waals surface area contributed by atoms with Gasteiger partial charge in [0.2, 0.25) is 0 Å². The normalized spacial score (nSPS) is 23.5. The average molecular weight is 491 g/mol. The number of hydrogen-bond donors (Lipinski definition) is 1. The van der Waals surface area contributed by atoms with E-state index in [2.05, 4.69) is 16.8 Å². The molecule has 1 saturated heterocycles. The molecule has 4 atom stereocenters. The molecule has 7 heteroatoms. The topological polar surface area (TPSA) is 80.9 Å². The lowest BCUT2D eigenvalue weighted by atomic mass is 9.74. The predicted molar refractivity (Wildman–Crippen MR) is 137 cm³/mol. The second-order valence-electron chi connectivity index (χ2n) is 9.87. The largest absolute Gasteiger partial charge is 0.496 e. The summed E-state index contributed by atoms with van der Waals surface area (Å²) in [4.78, 5) is 31.7. The van der Waals surface area contributed by atoms with Gasteiger partial charge in [-0.15, -0.1) is 0 Å². The SMILES string of the molecule is CC[C@@H]1CN2[C@@H](C(=O)OCc3ccccc3)Cc3c([nH]c4cccc(OC)c34)[C@@H]2C[C@@H]1CC(=O)OC. The Morgan fingerprint density at radius 3 is 2.58 bits per heavy atom. The Labute approximate surface area is 211 Å². The maximum atomic E-state index is 13.6. The molecule has 7 nitrogen and oxygen atoms in total. The Hall–Kier alpha value is -3.32. The number of methoxy groups -OCH3 is 2. The molecule has 36 heavy (non-hydrogen) atoms. The maximum absolute atomic E-state index is 13.6. The second kappa shape index (κ2) is 10.3. The minimum atomic E-state index is -0.400. The van der Waals surface area contributed by atoms with Crippen LogP contribution in [0.5, 0.6) is 5.75 Å². The van der Waals surface area contributed by atoms with Gasteiger partial charge in [0.15, 0.2) is 0 Å². The molecule has 3 heterocycles. The number of nitrogens with zero attached hydrogens (tertiary/aromatic N) is 1. The lowest BCUT2D eigenvalue weighted by Gasteiger charge is -2.49. The molecular weight excluding hydrogens is 456 g/mol. The number of carbonyl (C=O) groups excluding carboxylic acids is 2. The summed E-state index contributed by atoms with van der Waals surface area (Å²) in [6.07, 6.45) is 2.65. The predicted octanol–water partition coefficient (Wildman–Crippen LogP) is 4.80. The fraction of sp³-hybridized carbons (Fsp3) is 0.448. The molecule has 5 rings (SSSR count). The van der Waals surface area contributed by atoms with Crippen LogP contribution in [0.25, 0.3) is 10.9 Å². The lowest BCUT2D eigenvalue weighted by Crippen LogP contribution is -2.54. The van der Waals surface area contributed by atoms with E-state index < -0.39 is 6.04 Å². The van der Waals surface area contributed by atoms with Gasteiger partial charge >= 0.3 is 11.9 Å². The minimum Gasteiger partial charge on any atom is -0.496 e. The average Bonchev–Trinajstić information content (AvgIpc) is 3.30. The molecule has 2 aromatic carbocycles. The minimum absolute atomic E-state index is 0.0161. The maximum Gasteiger partial charge on any atom is 0.324 e. The highest BCUT2D eigenvalue weighted by atomic mass is 16.5. The number of aromatic nitrogens is 1. The van der Waals surface area contributed by atoms with Crippen molar-refractivity contribution in [2.45, 2.75) is 51.3 Å². The number of ether oxygens (including phenoxy) is 3. The van der Waals surface area contributed by atoms with E-state index in [9.17, 15) is 9.59 Å². The fourth-order valence-electron chi connectivity index (χ4n) is 6.12. The van der Waals surface area contributed by atoms with Crippen LogP contribution in [0.15, 0.2) is 48.5 Å². The van der Waals surface area contributed by atoms with Crippen LogP contribution in [0.2, 0.25) is 0 Å². The Kier molecular flexibility index (Phi) is 7.01. The Morgan fingerprint density at radius 1 is 1.06 bits per heavy atom. The molecular formula is C29H34N2O5. The zero-order valence-corrected chi connectivity index (χ0v) is 21.2. The van der Waals surface area contributed by atoms with E-state index in [4.69, 9.17) is 14.2 Å². The first-order chi connectivity index (χ1) is 17.5. The number of benzene rings is 2. The third-order valence-electron chi connectivity index (χ3n) is 7.99. The van der Waals surface area contributed by atoms with E-state index in [1.165, 1.54) is 7.11 Å². The Balaban J connectivity index is 1.51. The van der Waals surface area contributed by atoms with E-state index in [0.29, 0.717) is 18.8 Å². The van der Waals surface area contributed by atoms with Crippen LogP contribution in [0.1, 0.15) is 49.0 Å². The van der Waals surface area contributed by atoms with Crippen LogP contribution in [-0.4, -0.2) is 48.6 Å². The fourth-order valence-corrected chi connectivity index (χ4v) is 6.12. The van der Waals surface area contributed by atoms with Gasteiger partial charge < -0.3 is 19.2 Å². The van der Waals surface area contributed by atoms with Crippen molar-refractivity contribution in [2.24, 2.45) is 11.8 Å². The number of esters is 2. The molecule has 1 N–H and O–H groups in total. The number of nitrogens with one attached hydrogen (secondary N) is 1. The van der Waals surface area contributed by atoms with Crippen LogP contribution in [0, 0.1) is 11.8 Å². The van der Waals surface area contributed by atoms with Crippen molar-refractivity contribution in [1.29, 1.82) is 0 Å². The van der Waals surface area contributed by atoms with Crippen molar-refractivity contribution >= 4 is 22.8 Å². The van der Waals surface area contributed by atoms with Gasteiger partial charge in [0.1, 0.15) is 18.4 Å². The van der Waals surface area contributed by atoms with Crippen LogP contribution < -0.4 is 4.74 Å². The van der Waals surface area contributed by atoms with Gasteiger partial charge in [0.25, 0.3) is 0 Å². The first kappa shape index (κ1) is 24.4. The van der Waals surface area contributed by atoms with Gasteiger partial charge in [-0.2, -0.15) is 0 Å². The summed E-state index contributed by atoms with van der Waals surface area (Å²) in [6.45, 7) is 3.14. The van der Waals surface area contributed by atoms with E-state index in [1.54, 1.807) is 7.11 Å². The number of H-pyrrole nitrogens is 1. The summed E-state index contributed by atoms with van der Waals surface area (Å²) in [7, 11) is 3.12. The molecule has 0 amide bonds. The molecule has 0 saturated carbocycles. The third kappa shape index (κ3) is 4.48. The summed E-state index contributed by atoms with van der Waals surface area (Å²) in [5.41, 5.74) is 4.19. The Morgan fingerprint density at radius 2 is 1.86 bits per heavy atom. The van der Waals surface area contributed by atoms with Gasteiger partial charge in [-0.05, 0) is 41.5 Å². The van der Waals surface area contributed by atoms with Crippen LogP contribution in [-0.2, 0) is 32.1 Å². The zero-order valence-electron chi connectivity index (χ0n) is 21.2. The van der Waals surface area contributed by atoms with Gasteiger partial charge in [-0.25, -0.2) is 0 Å². The van der Waals surface area contributed by atoms with Crippen molar-refractivity contribution in [2.75, 3.05) is 20.8 Å². The molecule has 0 unspecified atom stereocenters.